The van der Waals surface area contributed by atoms with E-state index in [0.29, 0.717) is 13.0 Å². The summed E-state index contributed by atoms with van der Waals surface area (Å²) in [6, 6.07) is 20.9. The molecule has 40 heavy (non-hydrogen) atoms. The number of nitrogens with zero attached hydrogens (tertiary/aromatic N) is 3. The van der Waals surface area contributed by atoms with Crippen molar-refractivity contribution < 1.29 is 22.9 Å². The maximum Gasteiger partial charge on any atom is 0.271 e. The van der Waals surface area contributed by atoms with Gasteiger partial charge in [-0.2, -0.15) is 0 Å². The Bertz CT molecular complexity index is 1430. The molecular formula is C29H34N4O6S. The summed E-state index contributed by atoms with van der Waals surface area (Å²) in [7, 11) is -4.02. The molecule has 0 aliphatic carbocycles. The topological polar surface area (TPSA) is 130 Å². The van der Waals surface area contributed by atoms with Crippen LogP contribution in [0.3, 0.4) is 0 Å². The zero-order valence-corrected chi connectivity index (χ0v) is 23.6. The summed E-state index contributed by atoms with van der Waals surface area (Å²) in [6.45, 7) is 3.69. The number of amides is 2. The number of nitro groups is 1. The third kappa shape index (κ3) is 8.37. The minimum absolute atomic E-state index is 0.0182. The Labute approximate surface area is 234 Å². The number of sulfonamides is 1. The van der Waals surface area contributed by atoms with Crippen LogP contribution < -0.4 is 9.62 Å². The van der Waals surface area contributed by atoms with Crippen molar-refractivity contribution in [2.75, 3.05) is 23.7 Å². The van der Waals surface area contributed by atoms with E-state index in [2.05, 4.69) is 5.32 Å². The summed E-state index contributed by atoms with van der Waals surface area (Å²) in [5.74, 6) is -0.975. The first kappa shape index (κ1) is 30.3. The number of hydrogen-bond acceptors (Lipinski definition) is 6. The standard InChI is InChI=1S/C29H34N4O6S/c1-4-17-30-29(35)27(18-23-9-6-5-7-10-23)31(20-24-15-13-22(2)14-16-24)28(34)21-32(40(3,38)39)25-11-8-12-26(19-25)33(36)37/h5-16,19,27H,4,17-18,20-21H2,1-3H3,(H,30,35)/t27-/m0/s1. The number of aryl methyl sites for hydroxylation is 1. The summed E-state index contributed by atoms with van der Waals surface area (Å²) < 4.78 is 26.4. The average Bonchev–Trinajstić information content (AvgIpc) is 2.93. The van der Waals surface area contributed by atoms with Gasteiger partial charge < -0.3 is 10.2 Å². The molecule has 0 aromatic heterocycles. The van der Waals surface area contributed by atoms with Crippen LogP contribution in [-0.4, -0.2) is 55.4 Å². The van der Waals surface area contributed by atoms with Crippen molar-refractivity contribution in [3.8, 4) is 0 Å². The lowest BCUT2D eigenvalue weighted by atomic mass is 10.0. The van der Waals surface area contributed by atoms with Crippen LogP contribution >= 0.6 is 0 Å². The minimum Gasteiger partial charge on any atom is -0.354 e. The van der Waals surface area contributed by atoms with Gasteiger partial charge >= 0.3 is 0 Å². The molecule has 3 rings (SSSR count). The van der Waals surface area contributed by atoms with Crippen LogP contribution in [0.5, 0.6) is 0 Å². The number of nitrogens with one attached hydrogen (secondary N) is 1. The van der Waals surface area contributed by atoms with Crippen LogP contribution in [0.15, 0.2) is 78.9 Å². The second kappa shape index (κ2) is 13.7. The summed E-state index contributed by atoms with van der Waals surface area (Å²) in [6.07, 6.45) is 1.84. The average molecular weight is 567 g/mol. The van der Waals surface area contributed by atoms with Gasteiger partial charge in [-0.25, -0.2) is 8.42 Å². The van der Waals surface area contributed by atoms with Gasteiger partial charge in [-0.05, 0) is 30.5 Å². The van der Waals surface area contributed by atoms with Crippen molar-refractivity contribution in [2.24, 2.45) is 0 Å². The lowest BCUT2D eigenvalue weighted by Gasteiger charge is -2.33. The molecule has 11 heteroatoms. The third-order valence-electron chi connectivity index (χ3n) is 6.30. The quantitative estimate of drug-likeness (QED) is 0.247. The van der Waals surface area contributed by atoms with Gasteiger partial charge in [0, 0.05) is 31.6 Å². The van der Waals surface area contributed by atoms with E-state index in [-0.39, 0.29) is 30.2 Å². The number of non-ortho nitro benzene ring substituents is 1. The number of carbonyl (C=O) groups is 2. The van der Waals surface area contributed by atoms with Crippen LogP contribution in [0, 0.1) is 17.0 Å². The minimum atomic E-state index is -4.02. The molecule has 10 nitrogen and oxygen atoms in total. The Hall–Kier alpha value is -4.25. The summed E-state index contributed by atoms with van der Waals surface area (Å²) in [5.41, 5.74) is 2.30. The molecule has 0 spiro atoms. The summed E-state index contributed by atoms with van der Waals surface area (Å²) >= 11 is 0. The SMILES string of the molecule is CCCNC(=O)[C@H](Cc1ccccc1)N(Cc1ccc(C)cc1)C(=O)CN(c1cccc([N+](=O)[O-])c1)S(C)(=O)=O. The summed E-state index contributed by atoms with van der Waals surface area (Å²) in [5, 5.41) is 14.2. The molecule has 0 bridgehead atoms. The monoisotopic (exact) mass is 566 g/mol. The van der Waals surface area contributed by atoms with Crippen molar-refractivity contribution >= 4 is 33.2 Å². The van der Waals surface area contributed by atoms with Gasteiger partial charge in [0.1, 0.15) is 12.6 Å². The van der Waals surface area contributed by atoms with E-state index in [1.807, 2.05) is 68.4 Å². The second-order valence-electron chi connectivity index (χ2n) is 9.55. The van der Waals surface area contributed by atoms with Crippen LogP contribution in [0.1, 0.15) is 30.0 Å². The zero-order valence-electron chi connectivity index (χ0n) is 22.8. The zero-order chi connectivity index (χ0) is 29.3. The summed E-state index contributed by atoms with van der Waals surface area (Å²) in [4.78, 5) is 39.5. The normalized spacial score (nSPS) is 11.9. The molecule has 1 atom stereocenters. The molecule has 0 aliphatic heterocycles. The van der Waals surface area contributed by atoms with E-state index in [1.165, 1.54) is 23.1 Å². The number of carbonyl (C=O) groups excluding carboxylic acids is 2. The molecule has 0 unspecified atom stereocenters. The van der Waals surface area contributed by atoms with Gasteiger partial charge in [0.05, 0.1) is 16.9 Å². The van der Waals surface area contributed by atoms with Gasteiger partial charge in [0.2, 0.25) is 21.8 Å². The molecule has 212 valence electrons. The van der Waals surface area contributed by atoms with Gasteiger partial charge in [0.25, 0.3) is 5.69 Å². The molecule has 0 aliphatic rings. The molecular weight excluding hydrogens is 532 g/mol. The lowest BCUT2D eigenvalue weighted by Crippen LogP contribution is -2.53. The van der Waals surface area contributed by atoms with Crippen LogP contribution in [0.4, 0.5) is 11.4 Å². The highest BCUT2D eigenvalue weighted by Gasteiger charge is 2.33. The van der Waals surface area contributed by atoms with E-state index in [9.17, 15) is 28.1 Å². The van der Waals surface area contributed by atoms with E-state index in [1.54, 1.807) is 0 Å². The Morgan fingerprint density at radius 1 is 0.975 bits per heavy atom. The fraction of sp³-hybridized carbons (Fsp3) is 0.310. The van der Waals surface area contributed by atoms with Crippen molar-refractivity contribution in [3.05, 3.63) is 106 Å². The van der Waals surface area contributed by atoms with E-state index >= 15 is 0 Å². The lowest BCUT2D eigenvalue weighted by molar-refractivity contribution is -0.384. The Morgan fingerprint density at radius 3 is 2.25 bits per heavy atom. The first-order valence-corrected chi connectivity index (χ1v) is 14.7. The highest BCUT2D eigenvalue weighted by molar-refractivity contribution is 7.92. The van der Waals surface area contributed by atoms with Crippen molar-refractivity contribution in [1.82, 2.24) is 10.2 Å². The number of anilines is 1. The fourth-order valence-electron chi connectivity index (χ4n) is 4.19. The first-order chi connectivity index (χ1) is 19.0. The van der Waals surface area contributed by atoms with Crippen molar-refractivity contribution in [3.63, 3.8) is 0 Å². The third-order valence-corrected chi connectivity index (χ3v) is 7.44. The fourth-order valence-corrected chi connectivity index (χ4v) is 5.03. The second-order valence-corrected chi connectivity index (χ2v) is 11.5. The van der Waals surface area contributed by atoms with Gasteiger partial charge in [-0.15, -0.1) is 0 Å². The predicted octanol–water partition coefficient (Wildman–Crippen LogP) is 3.84. The van der Waals surface area contributed by atoms with E-state index in [0.717, 1.165) is 33.3 Å². The number of rotatable bonds is 13. The predicted molar refractivity (Wildman–Crippen MR) is 154 cm³/mol. The first-order valence-electron chi connectivity index (χ1n) is 12.9. The Morgan fingerprint density at radius 2 is 1.65 bits per heavy atom. The van der Waals surface area contributed by atoms with E-state index in [4.69, 9.17) is 0 Å². The van der Waals surface area contributed by atoms with Crippen molar-refractivity contribution in [1.29, 1.82) is 0 Å². The smallest absolute Gasteiger partial charge is 0.271 e. The van der Waals surface area contributed by atoms with Gasteiger partial charge in [0.15, 0.2) is 0 Å². The number of benzene rings is 3. The Kier molecular flexibility index (Phi) is 10.4. The molecule has 0 radical (unpaired) electrons. The molecule has 1 N–H and O–H groups in total. The van der Waals surface area contributed by atoms with Gasteiger partial charge in [-0.1, -0.05) is 73.2 Å². The molecule has 0 fully saturated rings. The Balaban J connectivity index is 2.05. The molecule has 0 saturated carbocycles. The van der Waals surface area contributed by atoms with Crippen LogP contribution in [0.25, 0.3) is 0 Å². The molecule has 2 amide bonds. The number of hydrogen-bond donors (Lipinski definition) is 1. The maximum absolute atomic E-state index is 14.0. The van der Waals surface area contributed by atoms with Crippen LogP contribution in [-0.2, 0) is 32.6 Å². The molecule has 0 heterocycles. The molecule has 0 saturated heterocycles. The van der Waals surface area contributed by atoms with Crippen molar-refractivity contribution in [2.45, 2.75) is 39.3 Å². The highest BCUT2D eigenvalue weighted by Crippen LogP contribution is 2.24. The highest BCUT2D eigenvalue weighted by atomic mass is 32.2. The van der Waals surface area contributed by atoms with Gasteiger partial charge in [-0.3, -0.25) is 24.0 Å². The largest absolute Gasteiger partial charge is 0.354 e. The molecule has 3 aromatic rings. The number of nitro benzene ring substituents is 1. The maximum atomic E-state index is 14.0. The molecule has 3 aromatic carbocycles. The van der Waals surface area contributed by atoms with Crippen LogP contribution in [0.2, 0.25) is 0 Å². The van der Waals surface area contributed by atoms with E-state index < -0.39 is 33.4 Å².